The Morgan fingerprint density at radius 2 is 2.18 bits per heavy atom. The van der Waals surface area contributed by atoms with Gasteiger partial charge in [-0.2, -0.15) is 0 Å². The van der Waals surface area contributed by atoms with Gasteiger partial charge in [0.25, 0.3) is 11.6 Å². The minimum absolute atomic E-state index is 0.0404. The van der Waals surface area contributed by atoms with Crippen LogP contribution in [-0.2, 0) is 20.9 Å². The average molecular weight is 427 g/mol. The molecule has 2 heterocycles. The first-order valence-corrected chi connectivity index (χ1v) is 9.85. The van der Waals surface area contributed by atoms with E-state index in [2.05, 4.69) is 4.99 Å². The lowest BCUT2D eigenvalue weighted by Crippen LogP contribution is -2.69. The number of carbonyl (C=O) groups excluding carboxylic acids is 2. The first-order valence-electron chi connectivity index (χ1n) is 8.42. The number of rotatable bonds is 6. The van der Waals surface area contributed by atoms with Gasteiger partial charge in [-0.3, -0.25) is 24.7 Å². The minimum atomic E-state index is -1.33. The smallest absolute Gasteiger partial charge is 0.330 e. The van der Waals surface area contributed by atoms with Crippen LogP contribution in [0.1, 0.15) is 5.56 Å². The van der Waals surface area contributed by atoms with E-state index >= 15 is 0 Å². The van der Waals surface area contributed by atoms with Crippen molar-refractivity contribution in [3.8, 4) is 0 Å². The molecule has 11 heteroatoms. The molecule has 2 unspecified atom stereocenters. The third kappa shape index (κ3) is 4.07. The molecule has 0 spiro atoms. The number of thioether (sulfide) groups is 1. The monoisotopic (exact) mass is 426 g/mol. The van der Waals surface area contributed by atoms with Crippen LogP contribution in [0.25, 0.3) is 0 Å². The van der Waals surface area contributed by atoms with Gasteiger partial charge in [-0.15, -0.1) is 23.4 Å². The fraction of sp³-hybridized carbons (Fsp3) is 0.471. The van der Waals surface area contributed by atoms with E-state index in [1.165, 1.54) is 36.0 Å². The number of hydrogen-bond donors (Lipinski definition) is 0. The van der Waals surface area contributed by atoms with Gasteiger partial charge in [0.2, 0.25) is 0 Å². The molecule has 2 aliphatic heterocycles. The van der Waals surface area contributed by atoms with Crippen molar-refractivity contribution in [2.75, 3.05) is 26.4 Å². The van der Waals surface area contributed by atoms with E-state index in [-0.39, 0.29) is 30.1 Å². The number of nitro benzene ring substituents is 1. The summed E-state index contributed by atoms with van der Waals surface area (Å²) in [6, 6.07) is 5.26. The second kappa shape index (κ2) is 7.96. The van der Waals surface area contributed by atoms with Crippen molar-refractivity contribution in [2.24, 2.45) is 4.99 Å². The van der Waals surface area contributed by atoms with Crippen LogP contribution in [0.3, 0.4) is 0 Å². The van der Waals surface area contributed by atoms with Crippen LogP contribution >= 0.6 is 23.4 Å². The molecule has 0 saturated carbocycles. The quantitative estimate of drug-likeness (QED) is 0.129. The highest BCUT2D eigenvalue weighted by Crippen LogP contribution is 2.42. The van der Waals surface area contributed by atoms with Crippen LogP contribution in [0.15, 0.2) is 29.3 Å². The summed E-state index contributed by atoms with van der Waals surface area (Å²) in [4.78, 5) is 41.2. The summed E-state index contributed by atoms with van der Waals surface area (Å²) >= 11 is 7.87. The molecule has 150 valence electrons. The first-order chi connectivity index (χ1) is 13.2. The summed E-state index contributed by atoms with van der Waals surface area (Å²) in [7, 11) is 3.65. The SMILES string of the molecule is CN(C)C=NC1C(=O)N2CC(Cl)(C(=O)OCc3ccc([N+](=O)[O-])cc3)CS[C@H]12. The van der Waals surface area contributed by atoms with Gasteiger partial charge in [-0.25, -0.2) is 0 Å². The van der Waals surface area contributed by atoms with Crippen molar-refractivity contribution in [3.05, 3.63) is 39.9 Å². The number of halogens is 1. The number of β-lactam (4-membered cyclic amide) rings is 1. The number of hydrogen-bond acceptors (Lipinski definition) is 7. The highest BCUT2D eigenvalue weighted by molar-refractivity contribution is 8.00. The van der Waals surface area contributed by atoms with E-state index in [0.717, 1.165) is 0 Å². The maximum absolute atomic E-state index is 12.5. The van der Waals surface area contributed by atoms with Gasteiger partial charge in [0.15, 0.2) is 10.9 Å². The minimum Gasteiger partial charge on any atom is -0.459 e. The van der Waals surface area contributed by atoms with Gasteiger partial charge in [0.05, 0.1) is 17.8 Å². The maximum Gasteiger partial charge on any atom is 0.330 e. The Morgan fingerprint density at radius 1 is 1.50 bits per heavy atom. The van der Waals surface area contributed by atoms with E-state index in [1.807, 2.05) is 14.1 Å². The van der Waals surface area contributed by atoms with E-state index in [1.54, 1.807) is 16.1 Å². The van der Waals surface area contributed by atoms with Crippen molar-refractivity contribution in [1.29, 1.82) is 0 Å². The fourth-order valence-electron chi connectivity index (χ4n) is 2.85. The van der Waals surface area contributed by atoms with Gasteiger partial charge in [-0.05, 0) is 17.7 Å². The summed E-state index contributed by atoms with van der Waals surface area (Å²) in [5, 5.41) is 10.5. The lowest BCUT2D eigenvalue weighted by atomic mass is 10.0. The maximum atomic E-state index is 12.5. The Morgan fingerprint density at radius 3 is 2.79 bits per heavy atom. The predicted octanol–water partition coefficient (Wildman–Crippen LogP) is 1.49. The first kappa shape index (κ1) is 20.4. The number of esters is 1. The number of fused-ring (bicyclic) bond motifs is 1. The van der Waals surface area contributed by atoms with Crippen molar-refractivity contribution in [1.82, 2.24) is 9.80 Å². The summed E-state index contributed by atoms with van der Waals surface area (Å²) in [5.41, 5.74) is 0.569. The lowest BCUT2D eigenvalue weighted by Gasteiger charge is -2.51. The summed E-state index contributed by atoms with van der Waals surface area (Å²) in [6.07, 6.45) is 1.60. The summed E-state index contributed by atoms with van der Waals surface area (Å²) < 4.78 is 5.29. The molecule has 3 atom stereocenters. The van der Waals surface area contributed by atoms with Crippen LogP contribution in [-0.4, -0.2) is 75.6 Å². The van der Waals surface area contributed by atoms with Crippen LogP contribution in [0.4, 0.5) is 5.69 Å². The molecule has 0 N–H and O–H groups in total. The second-order valence-electron chi connectivity index (χ2n) is 6.81. The van der Waals surface area contributed by atoms with Crippen LogP contribution < -0.4 is 0 Å². The van der Waals surface area contributed by atoms with Crippen molar-refractivity contribution < 1.29 is 19.2 Å². The van der Waals surface area contributed by atoms with Crippen LogP contribution in [0.5, 0.6) is 0 Å². The number of ether oxygens (including phenoxy) is 1. The molecule has 9 nitrogen and oxygen atoms in total. The standard InChI is InChI=1S/C17H19ClN4O5S/c1-20(2)10-19-13-14(23)21-8-17(18,9-28-15(13)21)16(24)27-7-11-3-5-12(6-4-11)22(25)26/h3-6,10,13,15H,7-9H2,1-2H3/t13?,15-,17?/m1/s1. The third-order valence-electron chi connectivity index (χ3n) is 4.36. The molecule has 2 saturated heterocycles. The van der Waals surface area contributed by atoms with Crippen molar-refractivity contribution in [3.63, 3.8) is 0 Å². The van der Waals surface area contributed by atoms with Gasteiger partial charge in [0.1, 0.15) is 12.0 Å². The predicted molar refractivity (Wildman–Crippen MR) is 105 cm³/mol. The molecular weight excluding hydrogens is 408 g/mol. The summed E-state index contributed by atoms with van der Waals surface area (Å²) in [6.45, 7) is 0.0151. The molecule has 1 amide bonds. The molecule has 0 radical (unpaired) electrons. The normalized spacial score (nSPS) is 26.5. The van der Waals surface area contributed by atoms with Gasteiger partial charge < -0.3 is 14.5 Å². The zero-order valence-electron chi connectivity index (χ0n) is 15.3. The molecule has 1 aromatic carbocycles. The molecule has 2 fully saturated rings. The van der Waals surface area contributed by atoms with Crippen LogP contribution in [0, 0.1) is 10.1 Å². The highest BCUT2D eigenvalue weighted by atomic mass is 35.5. The van der Waals surface area contributed by atoms with Gasteiger partial charge >= 0.3 is 5.97 Å². The molecular formula is C17H19ClN4O5S. The van der Waals surface area contributed by atoms with Crippen molar-refractivity contribution >= 4 is 47.3 Å². The number of carbonyl (C=O) groups is 2. The van der Waals surface area contributed by atoms with E-state index in [9.17, 15) is 19.7 Å². The largest absolute Gasteiger partial charge is 0.459 e. The second-order valence-corrected chi connectivity index (χ2v) is 8.63. The Balaban J connectivity index is 1.56. The Bertz CT molecular complexity index is 818. The van der Waals surface area contributed by atoms with E-state index in [0.29, 0.717) is 11.3 Å². The Hall–Kier alpha value is -2.33. The zero-order valence-corrected chi connectivity index (χ0v) is 16.9. The van der Waals surface area contributed by atoms with Crippen molar-refractivity contribution in [2.45, 2.75) is 22.9 Å². The highest BCUT2D eigenvalue weighted by Gasteiger charge is 2.57. The third-order valence-corrected chi connectivity index (χ3v) is 6.44. The molecule has 0 aromatic heterocycles. The van der Waals surface area contributed by atoms with E-state index < -0.39 is 21.8 Å². The molecule has 0 aliphatic carbocycles. The number of aliphatic imine (C=N–C) groups is 1. The Kier molecular flexibility index (Phi) is 5.80. The zero-order chi connectivity index (χ0) is 20.5. The number of nitro groups is 1. The fourth-order valence-corrected chi connectivity index (χ4v) is 4.59. The number of amides is 1. The van der Waals surface area contributed by atoms with E-state index in [4.69, 9.17) is 16.3 Å². The molecule has 28 heavy (non-hydrogen) atoms. The van der Waals surface area contributed by atoms with Gasteiger partial charge in [0, 0.05) is 32.0 Å². The number of alkyl halides is 1. The van der Waals surface area contributed by atoms with Crippen LogP contribution in [0.2, 0.25) is 0 Å². The molecule has 0 bridgehead atoms. The lowest BCUT2D eigenvalue weighted by molar-refractivity contribution is -0.384. The number of non-ortho nitro benzene ring substituents is 1. The average Bonchev–Trinajstić information content (AvgIpc) is 2.66. The van der Waals surface area contributed by atoms with Gasteiger partial charge in [-0.1, -0.05) is 0 Å². The molecule has 1 aromatic rings. The topological polar surface area (TPSA) is 105 Å². The summed E-state index contributed by atoms with van der Waals surface area (Å²) in [5.74, 6) is -0.481. The Labute approximate surface area is 170 Å². The number of benzene rings is 1. The molecule has 2 aliphatic rings. The molecule has 3 rings (SSSR count). The number of nitrogens with zero attached hydrogens (tertiary/aromatic N) is 4.